The van der Waals surface area contributed by atoms with E-state index in [0.29, 0.717) is 24.7 Å². The molecule has 0 aromatic heterocycles. The molecule has 0 unspecified atom stereocenters. The third-order valence-corrected chi connectivity index (χ3v) is 9.14. The highest BCUT2D eigenvalue weighted by molar-refractivity contribution is 7.84. The zero-order valence-electron chi connectivity index (χ0n) is 15.5. The fourth-order valence-corrected chi connectivity index (χ4v) is 7.89. The Morgan fingerprint density at radius 2 is 2.00 bits per heavy atom. The molecule has 2 bridgehead atoms. The van der Waals surface area contributed by atoms with Gasteiger partial charge in [0, 0.05) is 5.41 Å². The first-order valence-corrected chi connectivity index (χ1v) is 11.3. The first kappa shape index (κ1) is 17.9. The Hall–Kier alpha value is -1.15. The average molecular weight is 394 g/mol. The molecular weight excluding hydrogens is 366 g/mol. The molecule has 3 fully saturated rings. The molecule has 0 saturated heterocycles. The van der Waals surface area contributed by atoms with Crippen LogP contribution in [0.25, 0.3) is 0 Å². The van der Waals surface area contributed by atoms with Gasteiger partial charge >= 0.3 is 10.3 Å². The highest BCUT2D eigenvalue weighted by Crippen LogP contribution is 2.77. The lowest BCUT2D eigenvalue weighted by Gasteiger charge is -2.56. The minimum atomic E-state index is -4.02. The number of aryl methyl sites for hydroxylation is 1. The van der Waals surface area contributed by atoms with E-state index < -0.39 is 22.0 Å². The van der Waals surface area contributed by atoms with Gasteiger partial charge in [0.15, 0.2) is 0 Å². The number of benzene rings is 1. The van der Waals surface area contributed by atoms with Crippen LogP contribution < -0.4 is 9.32 Å². The summed E-state index contributed by atoms with van der Waals surface area (Å²) in [5, 5.41) is 26.9. The molecule has 0 aliphatic heterocycles. The summed E-state index contributed by atoms with van der Waals surface area (Å²) in [6.07, 6.45) is 5.50. The van der Waals surface area contributed by atoms with Gasteiger partial charge < -0.3 is 14.4 Å². The van der Waals surface area contributed by atoms with E-state index in [9.17, 15) is 18.6 Å². The van der Waals surface area contributed by atoms with E-state index in [-0.39, 0.29) is 16.6 Å². The molecular formula is C20H27NO5S. The smallest absolute Gasteiger partial charge is 0.380 e. The monoisotopic (exact) mass is 393 g/mol. The van der Waals surface area contributed by atoms with E-state index in [4.69, 9.17) is 9.32 Å². The summed E-state index contributed by atoms with van der Waals surface area (Å²) in [6, 6.07) is 5.47. The van der Waals surface area contributed by atoms with Crippen LogP contribution in [0.15, 0.2) is 18.2 Å². The fourth-order valence-electron chi connectivity index (χ4n) is 7.52. The highest BCUT2D eigenvalue weighted by Gasteiger charge is 2.76. The highest BCUT2D eigenvalue weighted by atomic mass is 32.2. The summed E-state index contributed by atoms with van der Waals surface area (Å²) in [5.74, 6) is 1.10. The Labute approximate surface area is 160 Å². The van der Waals surface area contributed by atoms with Crippen molar-refractivity contribution in [2.24, 2.45) is 21.9 Å². The molecule has 148 valence electrons. The lowest BCUT2D eigenvalue weighted by Crippen LogP contribution is -2.53. The minimum absolute atomic E-state index is 0.00244. The van der Waals surface area contributed by atoms with Gasteiger partial charge in [0.1, 0.15) is 5.75 Å². The molecule has 0 heterocycles. The second kappa shape index (κ2) is 5.26. The van der Waals surface area contributed by atoms with Crippen molar-refractivity contribution in [1.82, 2.24) is 0 Å². The lowest BCUT2D eigenvalue weighted by molar-refractivity contribution is -0.129. The van der Waals surface area contributed by atoms with Crippen LogP contribution in [0, 0.1) is 16.7 Å². The Morgan fingerprint density at radius 1 is 1.22 bits per heavy atom. The van der Waals surface area contributed by atoms with Gasteiger partial charge in [0.05, 0.1) is 11.7 Å². The maximum atomic E-state index is 11.3. The quantitative estimate of drug-likeness (QED) is 0.712. The number of hydrogen-bond acceptors (Lipinski definition) is 5. The summed E-state index contributed by atoms with van der Waals surface area (Å²) in [4.78, 5) is 0. The number of nitrogens with two attached hydrogens (primary N) is 1. The molecule has 0 amide bonds. The molecule has 0 radical (unpaired) electrons. The summed E-state index contributed by atoms with van der Waals surface area (Å²) >= 11 is 0. The number of aliphatic hydroxyl groups excluding tert-OH is 1. The van der Waals surface area contributed by atoms with Crippen molar-refractivity contribution in [3.63, 3.8) is 0 Å². The third-order valence-electron chi connectivity index (χ3n) is 8.72. The van der Waals surface area contributed by atoms with E-state index in [0.717, 1.165) is 37.7 Å². The summed E-state index contributed by atoms with van der Waals surface area (Å²) in [7, 11) is -4.02. The molecule has 7 heteroatoms. The van der Waals surface area contributed by atoms with Crippen LogP contribution in [-0.4, -0.2) is 30.3 Å². The van der Waals surface area contributed by atoms with Gasteiger partial charge in [-0.2, -0.15) is 13.6 Å². The summed E-state index contributed by atoms with van der Waals surface area (Å²) in [6.45, 7) is 2.20. The Balaban J connectivity index is 1.53. The van der Waals surface area contributed by atoms with Gasteiger partial charge in [-0.1, -0.05) is 13.0 Å². The zero-order valence-corrected chi connectivity index (χ0v) is 16.3. The van der Waals surface area contributed by atoms with Gasteiger partial charge in [-0.3, -0.25) is 0 Å². The number of hydrogen-bond donors (Lipinski definition) is 3. The fraction of sp³-hybridized carbons (Fsp3) is 0.700. The van der Waals surface area contributed by atoms with Crippen molar-refractivity contribution in [2.45, 2.75) is 69.5 Å². The molecule has 27 heavy (non-hydrogen) atoms. The van der Waals surface area contributed by atoms with Crippen molar-refractivity contribution in [3.05, 3.63) is 29.3 Å². The topological polar surface area (TPSA) is 110 Å². The van der Waals surface area contributed by atoms with Crippen LogP contribution >= 0.6 is 0 Å². The molecule has 4 N–H and O–H groups in total. The first-order valence-electron chi connectivity index (χ1n) is 9.85. The number of aliphatic hydroxyl groups is 2. The van der Waals surface area contributed by atoms with E-state index in [2.05, 4.69) is 6.92 Å². The van der Waals surface area contributed by atoms with E-state index in [1.807, 2.05) is 6.07 Å². The zero-order chi connectivity index (χ0) is 19.2. The predicted octanol–water partition coefficient (Wildman–Crippen LogP) is 1.99. The van der Waals surface area contributed by atoms with Gasteiger partial charge in [-0.05, 0) is 85.5 Å². The molecule has 6 nitrogen and oxygen atoms in total. The second-order valence-electron chi connectivity index (χ2n) is 9.36. The predicted molar refractivity (Wildman–Crippen MR) is 99.3 cm³/mol. The molecule has 1 aromatic rings. The second-order valence-corrected chi connectivity index (χ2v) is 10.5. The van der Waals surface area contributed by atoms with Gasteiger partial charge in [0.25, 0.3) is 0 Å². The van der Waals surface area contributed by atoms with Crippen LogP contribution in [-0.2, 0) is 16.7 Å². The van der Waals surface area contributed by atoms with Crippen molar-refractivity contribution in [3.8, 4) is 5.75 Å². The van der Waals surface area contributed by atoms with Crippen LogP contribution in [0.5, 0.6) is 5.75 Å². The Bertz CT molecular complexity index is 917. The molecule has 5 rings (SSSR count). The van der Waals surface area contributed by atoms with Crippen molar-refractivity contribution < 1.29 is 22.8 Å². The average Bonchev–Trinajstić information content (AvgIpc) is 2.92. The van der Waals surface area contributed by atoms with Gasteiger partial charge in [0.2, 0.25) is 0 Å². The molecule has 6 atom stereocenters. The number of rotatable bonds is 2. The maximum Gasteiger partial charge on any atom is 0.380 e. The normalized spacial score (nSPS) is 45.1. The standard InChI is InChI=1S/C20H27NO5S/c1-18-7-6-15-14-4-3-13(26-27(21,24)25)10-12(14)2-5-16(15)19(18)8-9-20(18,23)17(22)11-19/h3-4,10,15-17,22-23H,2,5-9,11H2,1H3,(H2,21,24,25)/t15-,16-,17-,18+,19+,20-/m1/s1. The third kappa shape index (κ3) is 2.14. The summed E-state index contributed by atoms with van der Waals surface area (Å²) in [5.41, 5.74) is 1.24. The maximum absolute atomic E-state index is 11.3. The lowest BCUT2D eigenvalue weighted by atomic mass is 9.48. The van der Waals surface area contributed by atoms with Crippen LogP contribution in [0.4, 0.5) is 0 Å². The molecule has 4 aliphatic carbocycles. The van der Waals surface area contributed by atoms with E-state index in [1.165, 1.54) is 5.56 Å². The van der Waals surface area contributed by atoms with Crippen LogP contribution in [0.3, 0.4) is 0 Å². The van der Waals surface area contributed by atoms with Gasteiger partial charge in [-0.15, -0.1) is 0 Å². The number of fused-ring (bicyclic) bond motifs is 3. The molecule has 3 saturated carbocycles. The van der Waals surface area contributed by atoms with Crippen molar-refractivity contribution >= 4 is 10.3 Å². The molecule has 0 spiro atoms. The van der Waals surface area contributed by atoms with Crippen molar-refractivity contribution in [2.75, 3.05) is 0 Å². The first-order chi connectivity index (χ1) is 12.6. The largest absolute Gasteiger partial charge is 0.390 e. The Kier molecular flexibility index (Phi) is 3.49. The summed E-state index contributed by atoms with van der Waals surface area (Å²) < 4.78 is 27.3. The van der Waals surface area contributed by atoms with Crippen LogP contribution in [0.1, 0.15) is 62.5 Å². The van der Waals surface area contributed by atoms with E-state index >= 15 is 0 Å². The SMILES string of the molecule is C[C@]12CC[C@@H]3c4ccc(OS(N)(=O)=O)cc4CC[C@H]3[C@@]13CC[C@@]2(O)[C@H](O)C3. The van der Waals surface area contributed by atoms with Gasteiger partial charge in [-0.25, -0.2) is 0 Å². The molecule has 4 aliphatic rings. The van der Waals surface area contributed by atoms with Crippen molar-refractivity contribution in [1.29, 1.82) is 0 Å². The van der Waals surface area contributed by atoms with E-state index in [1.54, 1.807) is 12.1 Å². The van der Waals surface area contributed by atoms with Crippen LogP contribution in [0.2, 0.25) is 0 Å². The minimum Gasteiger partial charge on any atom is -0.390 e. The molecule has 1 aromatic carbocycles. The Morgan fingerprint density at radius 3 is 2.70 bits per heavy atom.